The molecule has 2 aromatic heterocycles. The van der Waals surface area contributed by atoms with E-state index in [0.29, 0.717) is 28.4 Å². The number of ether oxygens (including phenoxy) is 1. The predicted molar refractivity (Wildman–Crippen MR) is 109 cm³/mol. The molecule has 0 aliphatic carbocycles. The molecule has 2 heterocycles. The highest BCUT2D eigenvalue weighted by atomic mass is 32.2. The first-order valence-electron chi connectivity index (χ1n) is 8.16. The summed E-state index contributed by atoms with van der Waals surface area (Å²) in [4.78, 5) is 25.2. The van der Waals surface area contributed by atoms with Crippen molar-refractivity contribution in [1.29, 1.82) is 0 Å². The van der Waals surface area contributed by atoms with E-state index in [9.17, 15) is 4.79 Å². The Morgan fingerprint density at radius 3 is 2.67 bits per heavy atom. The summed E-state index contributed by atoms with van der Waals surface area (Å²) in [5.41, 5.74) is 3.67. The summed E-state index contributed by atoms with van der Waals surface area (Å²) >= 11 is 1.27. The van der Waals surface area contributed by atoms with Crippen molar-refractivity contribution in [1.82, 2.24) is 19.7 Å². The highest BCUT2D eigenvalue weighted by Gasteiger charge is 2.08. The van der Waals surface area contributed by atoms with Crippen LogP contribution in [0, 0.1) is 0 Å². The molecule has 2 N–H and O–H groups in total. The fourth-order valence-electron chi connectivity index (χ4n) is 2.23. The molecule has 0 fully saturated rings. The van der Waals surface area contributed by atoms with Crippen LogP contribution >= 0.6 is 11.9 Å². The summed E-state index contributed by atoms with van der Waals surface area (Å²) in [6.07, 6.45) is 1.69. The number of carbonyl (C=O) groups is 1. The lowest BCUT2D eigenvalue weighted by Crippen LogP contribution is -2.23. The summed E-state index contributed by atoms with van der Waals surface area (Å²) in [6, 6.07) is 10.6. The zero-order valence-corrected chi connectivity index (χ0v) is 15.8. The largest absolute Gasteiger partial charge is 0.497 e. The second-order valence-corrected chi connectivity index (χ2v) is 6.61. The van der Waals surface area contributed by atoms with E-state index in [4.69, 9.17) is 4.74 Å². The molecule has 7 nitrogen and oxygen atoms in total. The van der Waals surface area contributed by atoms with Crippen molar-refractivity contribution in [2.75, 3.05) is 18.2 Å². The average Bonchev–Trinajstić information content (AvgIpc) is 2.67. The van der Waals surface area contributed by atoms with Crippen molar-refractivity contribution >= 4 is 35.0 Å². The molecule has 8 heteroatoms. The number of methoxy groups -OCH3 is 1. The van der Waals surface area contributed by atoms with Crippen LogP contribution in [0.15, 0.2) is 54.7 Å². The average molecular weight is 381 g/mol. The van der Waals surface area contributed by atoms with Crippen LogP contribution in [-0.2, 0) is 0 Å². The van der Waals surface area contributed by atoms with Crippen LogP contribution < -0.4 is 14.8 Å². The van der Waals surface area contributed by atoms with Crippen molar-refractivity contribution in [2.45, 2.75) is 6.92 Å². The summed E-state index contributed by atoms with van der Waals surface area (Å²) in [5.74, 6) is 1.82. The number of hydrogen-bond donors (Lipinski definition) is 2. The maximum atomic E-state index is 11.9. The van der Waals surface area contributed by atoms with Gasteiger partial charge in [0, 0.05) is 11.3 Å². The smallest absolute Gasteiger partial charge is 0.330 e. The van der Waals surface area contributed by atoms with Crippen molar-refractivity contribution < 1.29 is 9.53 Å². The number of anilines is 1. The molecule has 0 spiro atoms. The second kappa shape index (κ2) is 8.50. The van der Waals surface area contributed by atoms with E-state index in [1.807, 2.05) is 31.2 Å². The molecule has 0 bridgehead atoms. The minimum Gasteiger partial charge on any atom is -0.497 e. The Morgan fingerprint density at radius 1 is 1.19 bits per heavy atom. The molecular weight excluding hydrogens is 362 g/mol. The number of carbonyl (C=O) groups excluding carboxylic acids is 1. The maximum Gasteiger partial charge on any atom is 0.330 e. The Morgan fingerprint density at radius 2 is 1.96 bits per heavy atom. The first-order chi connectivity index (χ1) is 13.0. The molecule has 0 aliphatic rings. The van der Waals surface area contributed by atoms with Gasteiger partial charge in [-0.05, 0) is 55.3 Å². The first-order valence-corrected chi connectivity index (χ1v) is 9.15. The number of pyridine rings is 1. The Hall–Kier alpha value is -3.13. The minimum absolute atomic E-state index is 0.354. The number of fused-ring (bicyclic) bond motifs is 1. The van der Waals surface area contributed by atoms with Crippen molar-refractivity contribution in [3.8, 4) is 17.0 Å². The van der Waals surface area contributed by atoms with Crippen LogP contribution in [0.5, 0.6) is 5.75 Å². The normalized spacial score (nSPS) is 10.4. The van der Waals surface area contributed by atoms with Crippen molar-refractivity contribution in [2.24, 2.45) is 0 Å². The molecule has 3 aromatic rings. The number of benzene rings is 1. The molecule has 0 unspecified atom stereocenters. The summed E-state index contributed by atoms with van der Waals surface area (Å²) in [7, 11) is 1.62. The highest BCUT2D eigenvalue weighted by molar-refractivity contribution is 7.98. The summed E-state index contributed by atoms with van der Waals surface area (Å²) < 4.78 is 7.84. The maximum absolute atomic E-state index is 11.9. The molecule has 0 saturated heterocycles. The van der Waals surface area contributed by atoms with Gasteiger partial charge in [0.15, 0.2) is 5.65 Å². The Balaban J connectivity index is 1.77. The fraction of sp³-hybridized carbons (Fsp3) is 0.158. The van der Waals surface area contributed by atoms with Crippen LogP contribution in [-0.4, -0.2) is 33.8 Å². The predicted octanol–water partition coefficient (Wildman–Crippen LogP) is 4.05. The van der Waals surface area contributed by atoms with E-state index in [0.717, 1.165) is 16.9 Å². The van der Waals surface area contributed by atoms with Crippen LogP contribution in [0.3, 0.4) is 0 Å². The Kier molecular flexibility index (Phi) is 5.87. The van der Waals surface area contributed by atoms with Gasteiger partial charge in [-0.15, -0.1) is 0 Å². The topological polar surface area (TPSA) is 89.0 Å². The number of hydrogen-bond acceptors (Lipinski definition) is 6. The van der Waals surface area contributed by atoms with Gasteiger partial charge in [-0.3, -0.25) is 15.0 Å². The third kappa shape index (κ3) is 4.95. The standard InChI is InChI=1S/C19H19N5O2S/c1-12(2)11-27-24-19(25)23-17-9-8-15-18(22-17)21-16(10-20-15)13-4-6-14(26-3)7-5-13/h4-10H,1,11H2,2-3H3,(H2,21,22,23,24,25). The van der Waals surface area contributed by atoms with Crippen molar-refractivity contribution in [3.05, 3.63) is 54.7 Å². The zero-order valence-electron chi connectivity index (χ0n) is 15.0. The molecule has 27 heavy (non-hydrogen) atoms. The lowest BCUT2D eigenvalue weighted by Gasteiger charge is -2.07. The van der Waals surface area contributed by atoms with E-state index >= 15 is 0 Å². The van der Waals surface area contributed by atoms with Gasteiger partial charge in [0.25, 0.3) is 0 Å². The van der Waals surface area contributed by atoms with Crippen molar-refractivity contribution in [3.63, 3.8) is 0 Å². The molecule has 2 amide bonds. The SMILES string of the molecule is C=C(C)CSNC(=O)Nc1ccc2ncc(-c3ccc(OC)cc3)nc2n1. The van der Waals surface area contributed by atoms with E-state index in [2.05, 4.69) is 31.6 Å². The van der Waals surface area contributed by atoms with Crippen LogP contribution in [0.2, 0.25) is 0 Å². The van der Waals surface area contributed by atoms with Gasteiger partial charge in [0.2, 0.25) is 0 Å². The third-order valence-electron chi connectivity index (χ3n) is 3.52. The molecule has 0 atom stereocenters. The molecule has 0 saturated carbocycles. The van der Waals surface area contributed by atoms with Gasteiger partial charge < -0.3 is 4.74 Å². The number of rotatable bonds is 6. The van der Waals surface area contributed by atoms with E-state index in [-0.39, 0.29) is 6.03 Å². The fourth-order valence-corrected chi connectivity index (χ4v) is 2.74. The molecule has 3 rings (SSSR count). The summed E-state index contributed by atoms with van der Waals surface area (Å²) in [6.45, 7) is 5.69. The van der Waals surface area contributed by atoms with E-state index in [1.54, 1.807) is 25.4 Å². The number of nitrogens with one attached hydrogen (secondary N) is 2. The molecule has 0 radical (unpaired) electrons. The number of aromatic nitrogens is 3. The highest BCUT2D eigenvalue weighted by Crippen LogP contribution is 2.22. The van der Waals surface area contributed by atoms with Gasteiger partial charge in [0.1, 0.15) is 17.1 Å². The Labute approximate surface area is 161 Å². The quantitative estimate of drug-likeness (QED) is 0.495. The van der Waals surface area contributed by atoms with Gasteiger partial charge in [-0.1, -0.05) is 12.2 Å². The van der Waals surface area contributed by atoms with Crippen LogP contribution in [0.25, 0.3) is 22.4 Å². The number of amides is 2. The van der Waals surface area contributed by atoms with Gasteiger partial charge >= 0.3 is 6.03 Å². The molecule has 1 aromatic carbocycles. The molecular formula is C19H19N5O2S. The van der Waals surface area contributed by atoms with E-state index in [1.165, 1.54) is 11.9 Å². The van der Waals surface area contributed by atoms with Gasteiger partial charge in [-0.25, -0.2) is 14.8 Å². The molecule has 138 valence electrons. The van der Waals surface area contributed by atoms with Crippen LogP contribution in [0.4, 0.5) is 10.6 Å². The number of nitrogens with zero attached hydrogens (tertiary/aromatic N) is 3. The lowest BCUT2D eigenvalue weighted by atomic mass is 10.1. The first kappa shape index (κ1) is 18.7. The summed E-state index contributed by atoms with van der Waals surface area (Å²) in [5, 5.41) is 2.69. The Bertz CT molecular complexity index is 976. The minimum atomic E-state index is -0.354. The lowest BCUT2D eigenvalue weighted by molar-refractivity contribution is 0.257. The second-order valence-electron chi connectivity index (χ2n) is 5.82. The zero-order chi connectivity index (χ0) is 19.2. The monoisotopic (exact) mass is 381 g/mol. The number of urea groups is 1. The third-order valence-corrected chi connectivity index (χ3v) is 4.48. The van der Waals surface area contributed by atoms with Gasteiger partial charge in [-0.2, -0.15) is 0 Å². The molecule has 0 aliphatic heterocycles. The van der Waals surface area contributed by atoms with Gasteiger partial charge in [0.05, 0.1) is 19.0 Å². The van der Waals surface area contributed by atoms with E-state index < -0.39 is 0 Å². The van der Waals surface area contributed by atoms with Crippen LogP contribution in [0.1, 0.15) is 6.92 Å².